The van der Waals surface area contributed by atoms with E-state index >= 15 is 0 Å². The van der Waals surface area contributed by atoms with E-state index in [4.69, 9.17) is 42.6 Å². The van der Waals surface area contributed by atoms with Gasteiger partial charge in [-0.25, -0.2) is 28.8 Å². The molecule has 0 aliphatic carbocycles. The van der Waals surface area contributed by atoms with E-state index in [0.29, 0.717) is 0 Å². The third-order valence-electron chi connectivity index (χ3n) is 4.04. The van der Waals surface area contributed by atoms with Gasteiger partial charge in [-0.2, -0.15) is 0 Å². The molecular weight excluding hydrogens is 528 g/mol. The van der Waals surface area contributed by atoms with Crippen LogP contribution in [-0.4, -0.2) is 100 Å². The molecule has 0 spiro atoms. The lowest BCUT2D eigenvalue weighted by atomic mass is 10.4. The maximum Gasteiger partial charge on any atom is 0.509 e. The molecule has 0 unspecified atom stereocenters. The maximum absolute atomic E-state index is 11.9. The van der Waals surface area contributed by atoms with Gasteiger partial charge >= 0.3 is 36.2 Å². The number of esters is 4. The molecule has 0 radical (unpaired) electrons. The van der Waals surface area contributed by atoms with E-state index in [2.05, 4.69) is 13.2 Å². The summed E-state index contributed by atoms with van der Waals surface area (Å²) in [6, 6.07) is 0. The minimum atomic E-state index is -1.36. The summed E-state index contributed by atoms with van der Waals surface area (Å²) < 4.78 is 43.1. The van der Waals surface area contributed by atoms with Crippen LogP contribution in [0.4, 0.5) is 9.59 Å². The smallest absolute Gasteiger partial charge is 0.459 e. The number of hydrogen-bond acceptors (Lipinski definition) is 15. The highest BCUT2D eigenvalue weighted by atomic mass is 16.7. The standard InChI is InChI=1S/C24H34O15/c1-7-9-32-19(25)15(3)36-21(27)17(5)38-23(29)34-13-11-31-12-14-35-24(30)39-18(6)22(28)37-16(4)20(26)33-10-8-2/h7-8,15-18H,1-2,9-14H2,3-6H3/t15-,16-,17-,18+/m0/s1. The van der Waals surface area contributed by atoms with E-state index in [-0.39, 0.29) is 39.6 Å². The van der Waals surface area contributed by atoms with E-state index in [0.717, 1.165) is 0 Å². The molecule has 15 nitrogen and oxygen atoms in total. The van der Waals surface area contributed by atoms with Crippen molar-refractivity contribution in [3.8, 4) is 0 Å². The van der Waals surface area contributed by atoms with Gasteiger partial charge in [0, 0.05) is 0 Å². The molecule has 0 aromatic heterocycles. The second-order valence-electron chi connectivity index (χ2n) is 7.33. The molecule has 0 heterocycles. The van der Waals surface area contributed by atoms with Crippen LogP contribution in [0.25, 0.3) is 0 Å². The fourth-order valence-electron chi connectivity index (χ4n) is 2.08. The van der Waals surface area contributed by atoms with Crippen LogP contribution in [0.2, 0.25) is 0 Å². The van der Waals surface area contributed by atoms with Gasteiger partial charge in [0.1, 0.15) is 26.4 Å². The normalized spacial score (nSPS) is 13.2. The zero-order valence-corrected chi connectivity index (χ0v) is 22.2. The molecule has 39 heavy (non-hydrogen) atoms. The fraction of sp³-hybridized carbons (Fsp3) is 0.583. The van der Waals surface area contributed by atoms with Gasteiger partial charge in [0.05, 0.1) is 13.2 Å². The molecule has 0 amide bonds. The first-order valence-corrected chi connectivity index (χ1v) is 11.6. The average Bonchev–Trinajstić information content (AvgIpc) is 2.89. The van der Waals surface area contributed by atoms with E-state index in [9.17, 15) is 28.8 Å². The summed E-state index contributed by atoms with van der Waals surface area (Å²) in [6.45, 7) is 10.9. The van der Waals surface area contributed by atoms with Crippen LogP contribution >= 0.6 is 0 Å². The Morgan fingerprint density at radius 3 is 1.18 bits per heavy atom. The van der Waals surface area contributed by atoms with Crippen LogP contribution < -0.4 is 0 Å². The van der Waals surface area contributed by atoms with Crippen LogP contribution in [-0.2, 0) is 61.8 Å². The van der Waals surface area contributed by atoms with Gasteiger partial charge in [-0.15, -0.1) is 0 Å². The van der Waals surface area contributed by atoms with Crippen molar-refractivity contribution in [1.82, 2.24) is 0 Å². The summed E-state index contributed by atoms with van der Waals surface area (Å²) in [5.41, 5.74) is 0. The van der Waals surface area contributed by atoms with Gasteiger partial charge in [0.15, 0.2) is 24.4 Å². The summed E-state index contributed by atoms with van der Waals surface area (Å²) >= 11 is 0. The van der Waals surface area contributed by atoms with Crippen molar-refractivity contribution in [1.29, 1.82) is 0 Å². The van der Waals surface area contributed by atoms with Crippen molar-refractivity contribution in [2.24, 2.45) is 0 Å². The topological polar surface area (TPSA) is 185 Å². The molecule has 0 N–H and O–H groups in total. The zero-order chi connectivity index (χ0) is 29.8. The Kier molecular flexibility index (Phi) is 17.8. The van der Waals surface area contributed by atoms with Crippen LogP contribution in [0, 0.1) is 0 Å². The highest BCUT2D eigenvalue weighted by molar-refractivity contribution is 5.82. The molecule has 4 atom stereocenters. The van der Waals surface area contributed by atoms with Crippen molar-refractivity contribution in [2.75, 3.05) is 39.6 Å². The van der Waals surface area contributed by atoms with Gasteiger partial charge in [-0.3, -0.25) is 0 Å². The van der Waals surface area contributed by atoms with Gasteiger partial charge in [-0.1, -0.05) is 25.3 Å². The fourth-order valence-corrected chi connectivity index (χ4v) is 2.08. The predicted molar refractivity (Wildman–Crippen MR) is 128 cm³/mol. The maximum atomic E-state index is 11.9. The third-order valence-corrected chi connectivity index (χ3v) is 4.04. The minimum absolute atomic E-state index is 0.0514. The summed E-state index contributed by atoms with van der Waals surface area (Å²) in [7, 11) is 0. The van der Waals surface area contributed by atoms with E-state index in [1.54, 1.807) is 0 Å². The van der Waals surface area contributed by atoms with Crippen LogP contribution in [0.3, 0.4) is 0 Å². The summed E-state index contributed by atoms with van der Waals surface area (Å²) in [5.74, 6) is -3.56. The lowest BCUT2D eigenvalue weighted by Crippen LogP contribution is -2.33. The van der Waals surface area contributed by atoms with Crippen LogP contribution in [0.5, 0.6) is 0 Å². The molecule has 15 heteroatoms. The first-order valence-electron chi connectivity index (χ1n) is 11.6. The number of carbonyl (C=O) groups excluding carboxylic acids is 6. The molecular formula is C24H34O15. The lowest BCUT2D eigenvalue weighted by molar-refractivity contribution is -0.171. The Hall–Kier alpha value is -4.14. The molecule has 220 valence electrons. The molecule has 0 fully saturated rings. The quantitative estimate of drug-likeness (QED) is 0.101. The van der Waals surface area contributed by atoms with Gasteiger partial charge in [0.2, 0.25) is 0 Å². The lowest BCUT2D eigenvalue weighted by Gasteiger charge is -2.16. The van der Waals surface area contributed by atoms with Gasteiger partial charge in [-0.05, 0) is 27.7 Å². The Balaban J connectivity index is 4.03. The molecule has 0 bridgehead atoms. The second kappa shape index (κ2) is 19.9. The number of rotatable bonds is 18. The second-order valence-corrected chi connectivity index (χ2v) is 7.33. The molecule has 0 saturated heterocycles. The van der Waals surface area contributed by atoms with E-state index in [1.165, 1.54) is 39.8 Å². The monoisotopic (exact) mass is 562 g/mol. The van der Waals surface area contributed by atoms with Gasteiger partial charge < -0.3 is 42.6 Å². The summed E-state index contributed by atoms with van der Waals surface area (Å²) in [6.07, 6.45) is -4.83. The molecule has 0 saturated carbocycles. The Labute approximate surface area is 225 Å². The van der Waals surface area contributed by atoms with Crippen molar-refractivity contribution in [2.45, 2.75) is 52.1 Å². The van der Waals surface area contributed by atoms with Crippen LogP contribution in [0.1, 0.15) is 27.7 Å². The minimum Gasteiger partial charge on any atom is -0.459 e. The highest BCUT2D eigenvalue weighted by Crippen LogP contribution is 2.04. The summed E-state index contributed by atoms with van der Waals surface area (Å²) in [5, 5.41) is 0. The molecule has 0 rings (SSSR count). The number of hydrogen-bond donors (Lipinski definition) is 0. The SMILES string of the molecule is C=CCOC(=O)[C@H](C)OC(=O)[C@H](C)OC(=O)OCCOCCOC(=O)O[C@H](C)C(=O)O[C@@H](C)C(=O)OCC=C. The van der Waals surface area contributed by atoms with Crippen molar-refractivity contribution in [3.05, 3.63) is 25.3 Å². The average molecular weight is 563 g/mol. The predicted octanol–water partition coefficient (Wildman–Crippen LogP) is 1.41. The van der Waals surface area contributed by atoms with E-state index in [1.807, 2.05) is 0 Å². The van der Waals surface area contributed by atoms with Crippen molar-refractivity contribution < 1.29 is 71.4 Å². The molecule has 0 aromatic carbocycles. The first kappa shape index (κ1) is 34.9. The first-order chi connectivity index (χ1) is 18.4. The van der Waals surface area contributed by atoms with E-state index < -0.39 is 60.6 Å². The third kappa shape index (κ3) is 16.3. The molecule has 0 aliphatic heterocycles. The molecule has 0 aliphatic rings. The Morgan fingerprint density at radius 1 is 0.513 bits per heavy atom. The van der Waals surface area contributed by atoms with Gasteiger partial charge in [0.25, 0.3) is 0 Å². The Bertz CT molecular complexity index is 784. The van der Waals surface area contributed by atoms with Crippen molar-refractivity contribution in [3.63, 3.8) is 0 Å². The van der Waals surface area contributed by atoms with Crippen LogP contribution in [0.15, 0.2) is 25.3 Å². The number of carbonyl (C=O) groups is 6. The zero-order valence-electron chi connectivity index (χ0n) is 22.2. The highest BCUT2D eigenvalue weighted by Gasteiger charge is 2.27. The number of ether oxygens (including phenoxy) is 9. The largest absolute Gasteiger partial charge is 0.509 e. The Morgan fingerprint density at radius 2 is 0.846 bits per heavy atom. The van der Waals surface area contributed by atoms with Crippen molar-refractivity contribution >= 4 is 36.2 Å². The molecule has 0 aromatic rings. The summed E-state index contributed by atoms with van der Waals surface area (Å²) in [4.78, 5) is 70.2.